The van der Waals surface area contributed by atoms with Crippen LogP contribution >= 0.6 is 24.0 Å². The largest absolute Gasteiger partial charge is 0.491 e. The van der Waals surface area contributed by atoms with Crippen LogP contribution in [0.1, 0.15) is 76.8 Å². The van der Waals surface area contributed by atoms with Crippen LogP contribution in [-0.2, 0) is 41.4 Å². The zero-order valence-electron chi connectivity index (χ0n) is 40.7. The van der Waals surface area contributed by atoms with Gasteiger partial charge < -0.3 is 44.5 Å². The monoisotopic (exact) mass is 1020 g/mol. The molecule has 1 aromatic heterocycles. The maximum atomic E-state index is 13.8. The second-order valence-corrected chi connectivity index (χ2v) is 19.9. The Hall–Kier alpha value is -5.92. The van der Waals surface area contributed by atoms with Gasteiger partial charge in [0.25, 0.3) is 5.91 Å². The number of aliphatic hydroxyl groups is 1. The first-order chi connectivity index (χ1) is 33.6. The number of thiazole rings is 1. The number of nitrogens with zero attached hydrogens (tertiary/aromatic N) is 5. The fourth-order valence-corrected chi connectivity index (χ4v) is 9.78. The van der Waals surface area contributed by atoms with Crippen molar-refractivity contribution < 1.29 is 56.4 Å². The van der Waals surface area contributed by atoms with Crippen LogP contribution in [0.4, 0.5) is 24.5 Å². The molecule has 3 aromatic carbocycles. The van der Waals surface area contributed by atoms with Gasteiger partial charge in [-0.25, -0.2) is 4.98 Å². The fourth-order valence-electron chi connectivity index (χ4n) is 8.32. The maximum absolute atomic E-state index is 13.8. The van der Waals surface area contributed by atoms with Gasteiger partial charge in [0.2, 0.25) is 17.7 Å². The molecule has 2 saturated heterocycles. The number of nitrogens with one attached hydrogen (secondary N) is 2. The first kappa shape index (κ1) is 54.4. The quantitative estimate of drug-likeness (QED) is 0.0531. The lowest BCUT2D eigenvalue weighted by Gasteiger charge is -2.35. The predicted octanol–water partition coefficient (Wildman–Crippen LogP) is 6.86. The summed E-state index contributed by atoms with van der Waals surface area (Å²) in [5, 5.41) is 25.5. The molecule has 2 aliphatic rings. The third kappa shape index (κ3) is 13.0. The van der Waals surface area contributed by atoms with Gasteiger partial charge in [-0.2, -0.15) is 18.4 Å². The topological polar surface area (TPSA) is 196 Å². The number of hydrogen-bond donors (Lipinski definition) is 4. The van der Waals surface area contributed by atoms with Gasteiger partial charge in [-0.15, -0.1) is 24.0 Å². The van der Waals surface area contributed by atoms with Crippen molar-refractivity contribution in [1.82, 2.24) is 20.5 Å². The number of nitriles is 1. The van der Waals surface area contributed by atoms with Crippen molar-refractivity contribution in [2.75, 3.05) is 56.0 Å². The molecule has 71 heavy (non-hydrogen) atoms. The Bertz CT molecular complexity index is 2580. The molecule has 0 spiro atoms. The molecular weight excluding hydrogens is 964 g/mol. The molecule has 382 valence electrons. The van der Waals surface area contributed by atoms with E-state index in [1.807, 2.05) is 45.9 Å². The van der Waals surface area contributed by atoms with E-state index in [0.717, 1.165) is 28.3 Å². The normalized spacial score (nSPS) is 18.3. The van der Waals surface area contributed by atoms with E-state index in [-0.39, 0.29) is 77.2 Å². The third-order valence-corrected chi connectivity index (χ3v) is 13.6. The summed E-state index contributed by atoms with van der Waals surface area (Å²) in [4.78, 5) is 63.0. The van der Waals surface area contributed by atoms with E-state index >= 15 is 0 Å². The molecule has 4 aromatic rings. The van der Waals surface area contributed by atoms with E-state index in [1.54, 1.807) is 61.5 Å². The van der Waals surface area contributed by atoms with Gasteiger partial charge in [-0.3, -0.25) is 24.1 Å². The van der Waals surface area contributed by atoms with E-state index in [4.69, 9.17) is 18.9 Å². The van der Waals surface area contributed by atoms with E-state index in [2.05, 4.69) is 28.2 Å². The molecule has 6 rings (SSSR count). The average Bonchev–Trinajstić information content (AvgIpc) is 3.99. The van der Waals surface area contributed by atoms with Crippen molar-refractivity contribution in [3.8, 4) is 28.0 Å². The summed E-state index contributed by atoms with van der Waals surface area (Å²) in [6.45, 7) is 13.9. The van der Waals surface area contributed by atoms with Crippen LogP contribution in [0.3, 0.4) is 0 Å². The van der Waals surface area contributed by atoms with Crippen molar-refractivity contribution in [3.63, 3.8) is 0 Å². The minimum Gasteiger partial charge on any atom is -0.491 e. The molecule has 16 nitrogen and oxygen atoms in total. The Morgan fingerprint density at radius 1 is 0.972 bits per heavy atom. The molecule has 0 bridgehead atoms. The lowest BCUT2D eigenvalue weighted by atomic mass is 9.85. The Labute approximate surface area is 420 Å². The highest BCUT2D eigenvalue weighted by atomic mass is 32.1. The average molecular weight is 1020 g/mol. The summed E-state index contributed by atoms with van der Waals surface area (Å²) in [6, 6.07) is 15.4. The maximum Gasteiger partial charge on any atom is 0.417 e. The van der Waals surface area contributed by atoms with Crippen molar-refractivity contribution in [2.24, 2.45) is 5.41 Å². The van der Waals surface area contributed by atoms with E-state index in [9.17, 15) is 42.7 Å². The number of β-amino-alcohol motifs (C(OH)–C–C–N with tert-alkyl or cyclic N) is 1. The van der Waals surface area contributed by atoms with Gasteiger partial charge in [0.05, 0.1) is 65.8 Å². The number of likely N-dealkylation sites (tertiary alicyclic amines) is 1. The highest BCUT2D eigenvalue weighted by molar-refractivity contribution is 7.81. The molecule has 4 atom stereocenters. The second-order valence-electron chi connectivity index (χ2n) is 18.6. The zero-order valence-corrected chi connectivity index (χ0v) is 42.4. The third-order valence-electron chi connectivity index (χ3n) is 12.1. The lowest BCUT2D eigenvalue weighted by Crippen LogP contribution is -2.57. The number of ether oxygens (including phenoxy) is 4. The highest BCUT2D eigenvalue weighted by Gasteiger charge is 2.52. The molecule has 3 N–H and O–H groups in total. The number of carbonyl (C=O) groups is 4. The molecule has 1 unspecified atom stereocenters. The number of carbonyl (C=O) groups excluding carboxylic acids is 4. The standard InChI is InChI=1S/C50H60F3N7O9S2/c1-8-41(62)57-43(48(3,4)5)45(64)58-28-36(61)25-39(58)44(63)55-27-33-10-9-31(42-30(2)56-29-71-42)23-40(33)69-22-20-67-18-17-66-19-21-68-37-15-13-34(14-16-37)60-47(70)59(46(65)49(60,6)7)35-12-11-32(26-54)38(24-35)50(51,52)53/h9-16,23-24,29,36,39,43,47,61,70H,8,17-22,25,27-28H2,1-7H3,(H,55,63)(H,57,62)/t36-,39+,43-,47?/m1/s1. The van der Waals surface area contributed by atoms with Gasteiger partial charge in [-0.05, 0) is 80.3 Å². The summed E-state index contributed by atoms with van der Waals surface area (Å²) in [7, 11) is 0. The number of aromatic nitrogens is 1. The van der Waals surface area contributed by atoms with E-state index in [0.29, 0.717) is 22.7 Å². The summed E-state index contributed by atoms with van der Waals surface area (Å²) in [6.07, 6.45) is -5.45. The molecule has 0 aliphatic carbocycles. The number of hydrogen-bond acceptors (Lipinski definition) is 14. The van der Waals surface area contributed by atoms with E-state index in [1.165, 1.54) is 27.2 Å². The number of benzene rings is 3. The van der Waals surface area contributed by atoms with Crippen molar-refractivity contribution in [1.29, 1.82) is 5.26 Å². The first-order valence-electron chi connectivity index (χ1n) is 23.1. The Balaban J connectivity index is 0.963. The number of rotatable bonds is 20. The zero-order chi connectivity index (χ0) is 51.8. The molecule has 3 heterocycles. The molecule has 2 fully saturated rings. The number of halogens is 3. The number of alkyl halides is 3. The smallest absolute Gasteiger partial charge is 0.417 e. The van der Waals surface area contributed by atoms with Crippen molar-refractivity contribution >= 4 is 59.0 Å². The number of amides is 4. The SMILES string of the molecule is CCC(=O)N[C@H](C(=O)N1C[C@H](O)C[C@H]1C(=O)NCc1ccc(-c2scnc2C)cc1OCCOCCOCCOc1ccc(N2C(S)N(c3ccc(C#N)c(C(F)(F)F)c3)C(=O)C2(C)C)cc1)C(C)(C)C. The van der Waals surface area contributed by atoms with Gasteiger partial charge in [0, 0.05) is 42.9 Å². The Morgan fingerprint density at radius 3 is 2.23 bits per heavy atom. The van der Waals surface area contributed by atoms with Gasteiger partial charge in [-0.1, -0.05) is 39.8 Å². The number of thiol groups is 1. The first-order valence-corrected chi connectivity index (χ1v) is 24.5. The van der Waals surface area contributed by atoms with Crippen LogP contribution < -0.4 is 29.9 Å². The Morgan fingerprint density at radius 2 is 1.62 bits per heavy atom. The number of aliphatic hydroxyl groups excluding tert-OH is 1. The molecule has 21 heteroatoms. The minimum atomic E-state index is -4.79. The van der Waals surface area contributed by atoms with Gasteiger partial charge in [0.15, 0.2) is 5.50 Å². The van der Waals surface area contributed by atoms with Crippen LogP contribution in [0.5, 0.6) is 11.5 Å². The molecule has 2 aliphatic heterocycles. The van der Waals surface area contributed by atoms with Gasteiger partial charge >= 0.3 is 6.18 Å². The molecule has 0 saturated carbocycles. The second kappa shape index (κ2) is 23.1. The van der Waals surface area contributed by atoms with Crippen LogP contribution in [0, 0.1) is 23.7 Å². The minimum absolute atomic E-state index is 0.0337. The lowest BCUT2D eigenvalue weighted by molar-refractivity contribution is -0.144. The molecular formula is C50H60F3N7O9S2. The predicted molar refractivity (Wildman–Crippen MR) is 264 cm³/mol. The molecule has 0 radical (unpaired) electrons. The molecule has 4 amide bonds. The highest BCUT2D eigenvalue weighted by Crippen LogP contribution is 2.43. The summed E-state index contributed by atoms with van der Waals surface area (Å²) in [5.41, 5.74) is 0.282. The van der Waals surface area contributed by atoms with Crippen LogP contribution in [0.15, 0.2) is 66.2 Å². The summed E-state index contributed by atoms with van der Waals surface area (Å²) in [5.74, 6) is -0.588. The summed E-state index contributed by atoms with van der Waals surface area (Å²) < 4.78 is 64.8. The van der Waals surface area contributed by atoms with Crippen LogP contribution in [0.2, 0.25) is 0 Å². The van der Waals surface area contributed by atoms with Crippen LogP contribution in [0.25, 0.3) is 10.4 Å². The number of aryl methyl sites for hydroxylation is 1. The number of anilines is 2. The fraction of sp³-hybridized carbons (Fsp3) is 0.480. The van der Waals surface area contributed by atoms with Gasteiger partial charge in [0.1, 0.15) is 42.3 Å². The summed E-state index contributed by atoms with van der Waals surface area (Å²) >= 11 is 6.14. The van der Waals surface area contributed by atoms with Crippen molar-refractivity contribution in [2.45, 2.75) is 103 Å². The van der Waals surface area contributed by atoms with Crippen molar-refractivity contribution in [3.05, 3.63) is 88.6 Å². The Kier molecular flexibility index (Phi) is 17.7. The van der Waals surface area contributed by atoms with Crippen LogP contribution in [-0.4, -0.2) is 114 Å². The van der Waals surface area contributed by atoms with E-state index < -0.39 is 69.7 Å².